The average Bonchev–Trinajstić information content (AvgIpc) is 3.27. The van der Waals surface area contributed by atoms with E-state index < -0.39 is 29.1 Å². The molecule has 3 N–H and O–H groups in total. The Bertz CT molecular complexity index is 871. The van der Waals surface area contributed by atoms with Crippen LogP contribution in [0.2, 0.25) is 0 Å². The summed E-state index contributed by atoms with van der Waals surface area (Å²) in [6, 6.07) is 6.29. The molecule has 0 saturated heterocycles. The number of nitrogens with one attached hydrogen (secondary N) is 1. The molecule has 8 heteroatoms. The zero-order chi connectivity index (χ0) is 18.4. The Balaban J connectivity index is 1.91. The fraction of sp³-hybridized carbons (Fsp3) is 0.412. The van der Waals surface area contributed by atoms with Crippen LogP contribution >= 0.6 is 0 Å². The van der Waals surface area contributed by atoms with Crippen molar-refractivity contribution in [2.45, 2.75) is 45.3 Å². The number of aromatic nitrogens is 2. The van der Waals surface area contributed by atoms with E-state index in [1.807, 2.05) is 0 Å². The molecule has 1 saturated carbocycles. The molecule has 0 atom stereocenters. The van der Waals surface area contributed by atoms with E-state index in [9.17, 15) is 19.8 Å². The Morgan fingerprint density at radius 2 is 1.92 bits per heavy atom. The number of carbonyl (C=O) groups excluding carboxylic acids is 1. The Morgan fingerprint density at radius 3 is 2.52 bits per heavy atom. The van der Waals surface area contributed by atoms with Crippen LogP contribution in [0.15, 0.2) is 29.1 Å². The third-order valence-electron chi connectivity index (χ3n) is 3.70. The minimum atomic E-state index is -0.635. The van der Waals surface area contributed by atoms with Crippen molar-refractivity contribution in [2.24, 2.45) is 0 Å². The fourth-order valence-corrected chi connectivity index (χ4v) is 2.54. The molecule has 0 bridgehead atoms. The Labute approximate surface area is 144 Å². The van der Waals surface area contributed by atoms with Gasteiger partial charge in [-0.05, 0) is 51.8 Å². The van der Waals surface area contributed by atoms with Gasteiger partial charge in [0.2, 0.25) is 0 Å². The van der Waals surface area contributed by atoms with Gasteiger partial charge < -0.3 is 14.9 Å². The van der Waals surface area contributed by atoms with Crippen molar-refractivity contribution in [2.75, 3.05) is 5.32 Å². The molecule has 8 nitrogen and oxygen atoms in total. The number of hydrogen-bond donors (Lipinski definition) is 3. The maximum atomic E-state index is 12.5. The van der Waals surface area contributed by atoms with E-state index in [-0.39, 0.29) is 6.04 Å². The smallest absolute Gasteiger partial charge is 0.412 e. The summed E-state index contributed by atoms with van der Waals surface area (Å²) >= 11 is 0. The maximum Gasteiger partial charge on any atom is 0.412 e. The van der Waals surface area contributed by atoms with Gasteiger partial charge in [0.15, 0.2) is 0 Å². The molecule has 0 radical (unpaired) electrons. The largest absolute Gasteiger partial charge is 0.491 e. The molecule has 1 heterocycles. The minimum Gasteiger partial charge on any atom is -0.491 e. The number of anilines is 1. The van der Waals surface area contributed by atoms with Gasteiger partial charge in [0.25, 0.3) is 11.8 Å². The van der Waals surface area contributed by atoms with Crippen LogP contribution in [0, 0.1) is 0 Å². The van der Waals surface area contributed by atoms with Crippen molar-refractivity contribution in [1.82, 2.24) is 9.13 Å². The summed E-state index contributed by atoms with van der Waals surface area (Å²) in [6.45, 7) is 5.26. The number of carbonyl (C=O) groups is 1. The van der Waals surface area contributed by atoms with Gasteiger partial charge in [0.05, 0.1) is 5.69 Å². The molecule has 0 spiro atoms. The lowest BCUT2D eigenvalue weighted by molar-refractivity contribution is 0.0636. The van der Waals surface area contributed by atoms with Crippen LogP contribution in [-0.4, -0.2) is 31.0 Å². The zero-order valence-electron chi connectivity index (χ0n) is 14.3. The van der Waals surface area contributed by atoms with Gasteiger partial charge in [-0.2, -0.15) is 0 Å². The topological polar surface area (TPSA) is 106 Å². The number of amides is 1. The number of benzene rings is 1. The molecule has 1 aliphatic rings. The van der Waals surface area contributed by atoms with Gasteiger partial charge in [-0.1, -0.05) is 6.07 Å². The number of nitrogens with zero attached hydrogens (tertiary/aromatic N) is 2. The van der Waals surface area contributed by atoms with Gasteiger partial charge >= 0.3 is 11.8 Å². The first-order valence-electron chi connectivity index (χ1n) is 8.03. The summed E-state index contributed by atoms with van der Waals surface area (Å²) in [5.41, 5.74) is -0.432. The van der Waals surface area contributed by atoms with E-state index >= 15 is 0 Å². The first-order valence-corrected chi connectivity index (χ1v) is 8.03. The Morgan fingerprint density at radius 1 is 1.24 bits per heavy atom. The van der Waals surface area contributed by atoms with E-state index in [0.717, 1.165) is 17.4 Å². The normalized spacial score (nSPS) is 14.4. The van der Waals surface area contributed by atoms with Crippen LogP contribution in [-0.2, 0) is 4.74 Å². The van der Waals surface area contributed by atoms with Crippen LogP contribution < -0.4 is 11.0 Å². The van der Waals surface area contributed by atoms with Crippen molar-refractivity contribution in [3.8, 4) is 17.4 Å². The van der Waals surface area contributed by atoms with E-state index in [4.69, 9.17) is 4.74 Å². The summed E-state index contributed by atoms with van der Waals surface area (Å²) in [4.78, 5) is 24.4. The van der Waals surface area contributed by atoms with Crippen molar-refractivity contribution >= 4 is 11.8 Å². The highest BCUT2D eigenvalue weighted by atomic mass is 16.6. The number of rotatable bonds is 3. The van der Waals surface area contributed by atoms with Crippen LogP contribution in [0.25, 0.3) is 5.69 Å². The summed E-state index contributed by atoms with van der Waals surface area (Å²) in [7, 11) is 0. The van der Waals surface area contributed by atoms with Crippen molar-refractivity contribution < 1.29 is 19.7 Å². The maximum absolute atomic E-state index is 12.5. The zero-order valence-corrected chi connectivity index (χ0v) is 14.3. The molecule has 134 valence electrons. The van der Waals surface area contributed by atoms with Gasteiger partial charge in [-0.3, -0.25) is 9.88 Å². The lowest BCUT2D eigenvalue weighted by Crippen LogP contribution is -2.27. The van der Waals surface area contributed by atoms with Gasteiger partial charge in [-0.15, -0.1) is 0 Å². The van der Waals surface area contributed by atoms with E-state index in [1.165, 1.54) is 10.6 Å². The van der Waals surface area contributed by atoms with Crippen LogP contribution in [0.3, 0.4) is 0 Å². The SMILES string of the molecule is CC(C)(C)OC(=O)Nc1cccc(-n2c(O)c(O)n(C3CC3)c2=O)c1. The molecule has 1 aromatic carbocycles. The Hall–Kier alpha value is -2.90. The van der Waals surface area contributed by atoms with E-state index in [1.54, 1.807) is 39.0 Å². The lowest BCUT2D eigenvalue weighted by Gasteiger charge is -2.19. The van der Waals surface area contributed by atoms with Gasteiger partial charge in [0.1, 0.15) is 5.60 Å². The van der Waals surface area contributed by atoms with E-state index in [2.05, 4.69) is 5.32 Å². The fourth-order valence-electron chi connectivity index (χ4n) is 2.54. The molecular formula is C17H21N3O5. The first kappa shape index (κ1) is 16.9. The highest BCUT2D eigenvalue weighted by molar-refractivity contribution is 5.85. The molecule has 0 unspecified atom stereocenters. The van der Waals surface area contributed by atoms with Crippen molar-refractivity contribution in [3.05, 3.63) is 34.7 Å². The standard InChI is InChI=1S/C17H21N3O5/c1-17(2,3)25-15(23)18-10-5-4-6-12(9-10)20-14(22)13(21)19(16(20)24)11-7-8-11/h4-6,9,11,21-22H,7-8H2,1-3H3,(H,18,23). The summed E-state index contributed by atoms with van der Waals surface area (Å²) in [6.07, 6.45) is 0.952. The van der Waals surface area contributed by atoms with Gasteiger partial charge in [-0.25, -0.2) is 14.2 Å². The first-order chi connectivity index (χ1) is 11.7. The molecule has 1 fully saturated rings. The lowest BCUT2D eigenvalue weighted by atomic mass is 10.2. The molecule has 0 aliphatic heterocycles. The predicted octanol–water partition coefficient (Wildman–Crippen LogP) is 2.73. The van der Waals surface area contributed by atoms with Gasteiger partial charge in [0, 0.05) is 11.7 Å². The number of imidazole rings is 1. The minimum absolute atomic E-state index is 0.0808. The number of hydrogen-bond acceptors (Lipinski definition) is 5. The second-order valence-corrected chi connectivity index (χ2v) is 7.04. The Kier molecular flexibility index (Phi) is 3.98. The quantitative estimate of drug-likeness (QED) is 0.792. The monoisotopic (exact) mass is 347 g/mol. The third-order valence-corrected chi connectivity index (χ3v) is 3.70. The number of ether oxygens (including phenoxy) is 1. The molecule has 1 aromatic heterocycles. The summed E-state index contributed by atoms with van der Waals surface area (Å²) in [5, 5.41) is 22.7. The van der Waals surface area contributed by atoms with Crippen LogP contribution in [0.1, 0.15) is 39.7 Å². The van der Waals surface area contributed by atoms with Crippen molar-refractivity contribution in [3.63, 3.8) is 0 Å². The molecular weight excluding hydrogens is 326 g/mol. The van der Waals surface area contributed by atoms with Crippen LogP contribution in [0.4, 0.5) is 10.5 Å². The second-order valence-electron chi connectivity index (χ2n) is 7.04. The van der Waals surface area contributed by atoms with E-state index in [0.29, 0.717) is 11.4 Å². The third kappa shape index (κ3) is 3.47. The number of aromatic hydroxyl groups is 2. The molecule has 1 aliphatic carbocycles. The summed E-state index contributed by atoms with van der Waals surface area (Å²) in [5.74, 6) is -0.968. The molecule has 3 rings (SSSR count). The predicted molar refractivity (Wildman–Crippen MR) is 91.5 cm³/mol. The average molecular weight is 347 g/mol. The molecule has 2 aromatic rings. The summed E-state index contributed by atoms with van der Waals surface area (Å²) < 4.78 is 7.38. The van der Waals surface area contributed by atoms with Crippen LogP contribution in [0.5, 0.6) is 11.8 Å². The van der Waals surface area contributed by atoms with Crippen molar-refractivity contribution in [1.29, 1.82) is 0 Å². The highest BCUT2D eigenvalue weighted by Crippen LogP contribution is 2.40. The second kappa shape index (κ2) is 5.87. The highest BCUT2D eigenvalue weighted by Gasteiger charge is 2.32. The molecule has 1 amide bonds. The molecule has 25 heavy (non-hydrogen) atoms.